The standard InChI is InChI=1S/C22H23N5O/c28-22(24-20-15-26-11-8-16(20)9-12-26)19-14-27(18-6-2-1-3-7-18)25-21(19)17-5-4-10-23-13-17/h1-7,10,13-14,16,20H,8-9,11-12,15H2,(H,24,28). The molecule has 3 aliphatic heterocycles. The van der Waals surface area contributed by atoms with Gasteiger partial charge in [0.2, 0.25) is 0 Å². The molecule has 142 valence electrons. The molecule has 1 aromatic carbocycles. The van der Waals surface area contributed by atoms with Gasteiger partial charge in [-0.05, 0) is 56.1 Å². The van der Waals surface area contributed by atoms with E-state index in [4.69, 9.17) is 5.10 Å². The van der Waals surface area contributed by atoms with E-state index in [1.807, 2.05) is 48.7 Å². The largest absolute Gasteiger partial charge is 0.348 e. The predicted octanol–water partition coefficient (Wildman–Crippen LogP) is 2.76. The number of aromatic nitrogens is 3. The molecule has 3 aliphatic rings. The molecule has 0 aliphatic carbocycles. The van der Waals surface area contributed by atoms with Gasteiger partial charge in [-0.1, -0.05) is 18.2 Å². The Labute approximate surface area is 164 Å². The van der Waals surface area contributed by atoms with Crippen LogP contribution in [0.3, 0.4) is 0 Å². The smallest absolute Gasteiger partial charge is 0.255 e. The van der Waals surface area contributed by atoms with Crippen LogP contribution in [0.25, 0.3) is 16.9 Å². The van der Waals surface area contributed by atoms with Gasteiger partial charge in [-0.15, -0.1) is 0 Å². The molecule has 1 atom stereocenters. The topological polar surface area (TPSA) is 63.1 Å². The van der Waals surface area contributed by atoms with Crippen molar-refractivity contribution in [2.45, 2.75) is 18.9 Å². The summed E-state index contributed by atoms with van der Waals surface area (Å²) >= 11 is 0. The van der Waals surface area contributed by atoms with Gasteiger partial charge in [0, 0.05) is 36.7 Å². The number of carbonyl (C=O) groups is 1. The molecule has 6 heteroatoms. The first-order valence-corrected chi connectivity index (χ1v) is 9.86. The van der Waals surface area contributed by atoms with Crippen molar-refractivity contribution in [3.05, 3.63) is 66.6 Å². The average molecular weight is 373 g/mol. The van der Waals surface area contributed by atoms with E-state index < -0.39 is 0 Å². The highest BCUT2D eigenvalue weighted by Gasteiger charge is 2.35. The third kappa shape index (κ3) is 3.20. The third-order valence-corrected chi connectivity index (χ3v) is 5.89. The zero-order chi connectivity index (χ0) is 18.9. The number of nitrogens with zero attached hydrogens (tertiary/aromatic N) is 4. The Morgan fingerprint density at radius 3 is 2.57 bits per heavy atom. The Morgan fingerprint density at radius 1 is 1.07 bits per heavy atom. The zero-order valence-electron chi connectivity index (χ0n) is 15.7. The molecule has 1 unspecified atom stereocenters. The number of fused-ring (bicyclic) bond motifs is 3. The number of piperidine rings is 3. The summed E-state index contributed by atoms with van der Waals surface area (Å²) < 4.78 is 1.77. The molecule has 6 rings (SSSR count). The minimum atomic E-state index is -0.0558. The second kappa shape index (κ2) is 7.20. The Morgan fingerprint density at radius 2 is 1.89 bits per heavy atom. The van der Waals surface area contributed by atoms with Gasteiger partial charge in [-0.25, -0.2) is 4.68 Å². The first-order valence-electron chi connectivity index (χ1n) is 9.86. The van der Waals surface area contributed by atoms with Crippen molar-refractivity contribution in [1.29, 1.82) is 0 Å². The molecule has 1 N–H and O–H groups in total. The molecule has 6 nitrogen and oxygen atoms in total. The molecule has 28 heavy (non-hydrogen) atoms. The van der Waals surface area contributed by atoms with Gasteiger partial charge in [-0.3, -0.25) is 9.78 Å². The van der Waals surface area contributed by atoms with Gasteiger partial charge >= 0.3 is 0 Å². The molecule has 5 heterocycles. The van der Waals surface area contributed by atoms with Crippen molar-refractivity contribution in [3.63, 3.8) is 0 Å². The summed E-state index contributed by atoms with van der Waals surface area (Å²) in [5.41, 5.74) is 3.02. The summed E-state index contributed by atoms with van der Waals surface area (Å²) in [5, 5.41) is 8.01. The number of nitrogens with one attached hydrogen (secondary N) is 1. The van der Waals surface area contributed by atoms with Crippen molar-refractivity contribution < 1.29 is 4.79 Å². The average Bonchev–Trinajstić information content (AvgIpc) is 3.22. The second-order valence-electron chi connectivity index (χ2n) is 7.63. The van der Waals surface area contributed by atoms with E-state index in [9.17, 15) is 4.79 Å². The van der Waals surface area contributed by atoms with Crippen molar-refractivity contribution in [3.8, 4) is 16.9 Å². The summed E-state index contributed by atoms with van der Waals surface area (Å²) in [7, 11) is 0. The van der Waals surface area contributed by atoms with E-state index in [0.717, 1.165) is 30.9 Å². The van der Waals surface area contributed by atoms with Gasteiger partial charge in [0.1, 0.15) is 5.69 Å². The number of hydrogen-bond acceptors (Lipinski definition) is 4. The molecular formula is C22H23N5O. The first-order chi connectivity index (χ1) is 13.8. The molecule has 0 saturated carbocycles. The van der Waals surface area contributed by atoms with Crippen LogP contribution in [0.5, 0.6) is 0 Å². The summed E-state index contributed by atoms with van der Waals surface area (Å²) in [5.74, 6) is 0.528. The lowest BCUT2D eigenvalue weighted by atomic mass is 9.84. The van der Waals surface area contributed by atoms with Crippen LogP contribution in [-0.2, 0) is 0 Å². The van der Waals surface area contributed by atoms with Crippen LogP contribution < -0.4 is 5.32 Å². The Hall–Kier alpha value is -2.99. The number of rotatable bonds is 4. The summed E-state index contributed by atoms with van der Waals surface area (Å²) in [6.07, 6.45) is 7.65. The predicted molar refractivity (Wildman–Crippen MR) is 107 cm³/mol. The Kier molecular flexibility index (Phi) is 4.41. The minimum Gasteiger partial charge on any atom is -0.348 e. The fraction of sp³-hybridized carbons (Fsp3) is 0.318. The van der Waals surface area contributed by atoms with E-state index in [0.29, 0.717) is 17.2 Å². The number of pyridine rings is 1. The van der Waals surface area contributed by atoms with Crippen LogP contribution in [-0.4, -0.2) is 51.2 Å². The number of amides is 1. The molecule has 2 aromatic heterocycles. The first kappa shape index (κ1) is 17.1. The maximum atomic E-state index is 13.2. The van der Waals surface area contributed by atoms with Crippen molar-refractivity contribution in [2.75, 3.05) is 19.6 Å². The van der Waals surface area contributed by atoms with Crippen molar-refractivity contribution in [1.82, 2.24) is 25.0 Å². The number of carbonyl (C=O) groups excluding carboxylic acids is 1. The lowest BCUT2D eigenvalue weighted by Gasteiger charge is -2.44. The van der Waals surface area contributed by atoms with E-state index in [2.05, 4.69) is 15.2 Å². The van der Waals surface area contributed by atoms with Crippen LogP contribution in [0.1, 0.15) is 23.2 Å². The third-order valence-electron chi connectivity index (χ3n) is 5.89. The van der Waals surface area contributed by atoms with Crippen LogP contribution in [0.2, 0.25) is 0 Å². The van der Waals surface area contributed by atoms with Gasteiger partial charge in [0.25, 0.3) is 5.91 Å². The monoisotopic (exact) mass is 373 g/mol. The van der Waals surface area contributed by atoms with Crippen LogP contribution >= 0.6 is 0 Å². The quantitative estimate of drug-likeness (QED) is 0.764. The van der Waals surface area contributed by atoms with E-state index in [-0.39, 0.29) is 11.9 Å². The highest BCUT2D eigenvalue weighted by atomic mass is 16.1. The molecule has 3 aromatic rings. The molecule has 1 amide bonds. The van der Waals surface area contributed by atoms with Crippen molar-refractivity contribution in [2.24, 2.45) is 5.92 Å². The normalized spacial score (nSPS) is 23.5. The molecule has 0 radical (unpaired) electrons. The van der Waals surface area contributed by atoms with Crippen LogP contribution in [0.15, 0.2) is 61.1 Å². The molecule has 2 bridgehead atoms. The Bertz CT molecular complexity index is 961. The fourth-order valence-electron chi connectivity index (χ4n) is 4.34. The van der Waals surface area contributed by atoms with Gasteiger partial charge < -0.3 is 10.2 Å². The lowest BCUT2D eigenvalue weighted by molar-refractivity contribution is 0.0621. The van der Waals surface area contributed by atoms with Gasteiger partial charge in [-0.2, -0.15) is 5.10 Å². The van der Waals surface area contributed by atoms with Gasteiger partial charge in [0.05, 0.1) is 11.3 Å². The SMILES string of the molecule is O=C(NC1CN2CCC1CC2)c1cn(-c2ccccc2)nc1-c1cccnc1. The van der Waals surface area contributed by atoms with Crippen molar-refractivity contribution >= 4 is 5.91 Å². The molecule has 3 saturated heterocycles. The van der Waals surface area contributed by atoms with Gasteiger partial charge in [0.15, 0.2) is 0 Å². The Balaban J connectivity index is 1.48. The molecule has 3 fully saturated rings. The summed E-state index contributed by atoms with van der Waals surface area (Å²) in [4.78, 5) is 19.9. The zero-order valence-corrected chi connectivity index (χ0v) is 15.7. The maximum Gasteiger partial charge on any atom is 0.255 e. The number of benzene rings is 1. The molecule has 0 spiro atoms. The second-order valence-corrected chi connectivity index (χ2v) is 7.63. The minimum absolute atomic E-state index is 0.0558. The maximum absolute atomic E-state index is 13.2. The fourth-order valence-corrected chi connectivity index (χ4v) is 4.34. The van der Waals surface area contributed by atoms with E-state index in [1.54, 1.807) is 17.1 Å². The molecular weight excluding hydrogens is 350 g/mol. The van der Waals surface area contributed by atoms with E-state index >= 15 is 0 Å². The highest BCUT2D eigenvalue weighted by molar-refractivity contribution is 6.00. The van der Waals surface area contributed by atoms with Crippen LogP contribution in [0.4, 0.5) is 0 Å². The van der Waals surface area contributed by atoms with E-state index in [1.165, 1.54) is 12.8 Å². The van der Waals surface area contributed by atoms with Crippen LogP contribution in [0, 0.1) is 5.92 Å². The summed E-state index contributed by atoms with van der Waals surface area (Å²) in [6.45, 7) is 3.26. The summed E-state index contributed by atoms with van der Waals surface area (Å²) in [6, 6.07) is 13.9. The highest BCUT2D eigenvalue weighted by Crippen LogP contribution is 2.29. The lowest BCUT2D eigenvalue weighted by Crippen LogP contribution is -2.57. The number of para-hydroxylation sites is 1. The number of hydrogen-bond donors (Lipinski definition) is 1.